The van der Waals surface area contributed by atoms with E-state index in [9.17, 15) is 0 Å². The molecule has 0 amide bonds. The summed E-state index contributed by atoms with van der Waals surface area (Å²) in [5.74, 6) is 0. The average molecular weight is 418 g/mol. The number of aromatic nitrogens is 2. The first-order valence-electron chi connectivity index (χ1n) is 7.20. The maximum Gasteiger partial charge on any atom is 0.0659 e. The van der Waals surface area contributed by atoms with Gasteiger partial charge < -0.3 is 10.6 Å². The monoisotopic (exact) mass is 418 g/mol. The number of halogens is 1. The molecule has 5 heteroatoms. The van der Waals surface area contributed by atoms with Crippen LogP contribution in [0.1, 0.15) is 0 Å². The molecule has 0 radical (unpaired) electrons. The third-order valence-electron chi connectivity index (χ3n) is 3.21. The summed E-state index contributed by atoms with van der Waals surface area (Å²) < 4.78 is 1.20. The Balaban J connectivity index is 0.000000185. The number of rotatable bonds is 3. The van der Waals surface area contributed by atoms with Crippen molar-refractivity contribution in [1.82, 2.24) is 9.97 Å². The zero-order chi connectivity index (χ0) is 16.5. The fraction of sp³-hybridized carbons (Fsp3) is 0.111. The summed E-state index contributed by atoms with van der Waals surface area (Å²) in [7, 11) is 3.79. The molecule has 2 aromatic heterocycles. The van der Waals surface area contributed by atoms with Crippen molar-refractivity contribution < 1.29 is 0 Å². The van der Waals surface area contributed by atoms with Crippen molar-refractivity contribution in [1.29, 1.82) is 0 Å². The van der Waals surface area contributed by atoms with E-state index in [1.807, 2.05) is 63.0 Å². The number of hydrogen-bond acceptors (Lipinski definition) is 4. The van der Waals surface area contributed by atoms with Gasteiger partial charge in [-0.3, -0.25) is 9.97 Å². The molecule has 4 nitrogen and oxygen atoms in total. The van der Waals surface area contributed by atoms with Crippen LogP contribution in [0.2, 0.25) is 0 Å². The highest BCUT2D eigenvalue weighted by molar-refractivity contribution is 14.1. The molecule has 0 saturated carbocycles. The maximum atomic E-state index is 4.08. The van der Waals surface area contributed by atoms with Gasteiger partial charge in [0.1, 0.15) is 0 Å². The molecule has 3 aromatic rings. The van der Waals surface area contributed by atoms with Crippen molar-refractivity contribution >= 4 is 34.0 Å². The predicted molar refractivity (Wildman–Crippen MR) is 106 cm³/mol. The van der Waals surface area contributed by atoms with Crippen molar-refractivity contribution in [3.8, 4) is 11.1 Å². The standard InChI is InChI=1S/C12H12N2.C6H7IN2/c1-13-12-9-14-8-7-11(12)10-5-3-2-4-6-10;1-8-6-4-9-3-2-5(6)7/h2-9,13H,1H3;2-4,8H,1H3. The number of anilines is 2. The van der Waals surface area contributed by atoms with E-state index in [0.717, 1.165) is 11.4 Å². The van der Waals surface area contributed by atoms with Gasteiger partial charge in [0.2, 0.25) is 0 Å². The molecule has 3 rings (SSSR count). The third-order valence-corrected chi connectivity index (χ3v) is 4.15. The number of hydrogen-bond donors (Lipinski definition) is 2. The van der Waals surface area contributed by atoms with Crippen LogP contribution in [0.25, 0.3) is 11.1 Å². The molecule has 2 N–H and O–H groups in total. The quantitative estimate of drug-likeness (QED) is 0.615. The van der Waals surface area contributed by atoms with E-state index in [0.29, 0.717) is 0 Å². The molecule has 2 heterocycles. The highest BCUT2D eigenvalue weighted by Crippen LogP contribution is 2.25. The predicted octanol–water partition coefficient (Wildman–Crippen LogP) is 4.52. The molecule has 0 saturated heterocycles. The zero-order valence-electron chi connectivity index (χ0n) is 13.1. The van der Waals surface area contributed by atoms with E-state index in [1.54, 1.807) is 6.20 Å². The summed E-state index contributed by atoms with van der Waals surface area (Å²) in [4.78, 5) is 8.03. The Morgan fingerprint density at radius 1 is 0.783 bits per heavy atom. The van der Waals surface area contributed by atoms with E-state index in [-0.39, 0.29) is 0 Å². The molecule has 0 spiro atoms. The fourth-order valence-corrected chi connectivity index (χ4v) is 2.59. The second-order valence-corrected chi connectivity index (χ2v) is 5.80. The van der Waals surface area contributed by atoms with E-state index < -0.39 is 0 Å². The SMILES string of the molecule is CNc1cnccc1-c1ccccc1.CNc1cnccc1I. The largest absolute Gasteiger partial charge is 0.386 e. The summed E-state index contributed by atoms with van der Waals surface area (Å²) in [6, 6.07) is 14.3. The molecule has 1 aromatic carbocycles. The number of pyridine rings is 2. The van der Waals surface area contributed by atoms with Crippen molar-refractivity contribution in [2.75, 3.05) is 24.7 Å². The second kappa shape index (κ2) is 9.09. The smallest absolute Gasteiger partial charge is 0.0659 e. The molecule has 0 unspecified atom stereocenters. The molecular weight excluding hydrogens is 399 g/mol. The lowest BCUT2D eigenvalue weighted by atomic mass is 10.1. The van der Waals surface area contributed by atoms with Crippen LogP contribution < -0.4 is 10.6 Å². The van der Waals surface area contributed by atoms with Crippen LogP contribution in [0.15, 0.2) is 67.3 Å². The lowest BCUT2D eigenvalue weighted by Crippen LogP contribution is -1.92. The van der Waals surface area contributed by atoms with Crippen LogP contribution in [0, 0.1) is 3.57 Å². The van der Waals surface area contributed by atoms with E-state index in [2.05, 4.69) is 55.3 Å². The van der Waals surface area contributed by atoms with Gasteiger partial charge in [-0.1, -0.05) is 30.3 Å². The number of nitrogens with one attached hydrogen (secondary N) is 2. The Kier molecular flexibility index (Phi) is 6.80. The first-order chi connectivity index (χ1) is 11.3. The van der Waals surface area contributed by atoms with Gasteiger partial charge in [0.25, 0.3) is 0 Å². The van der Waals surface area contributed by atoms with Crippen molar-refractivity contribution in [2.24, 2.45) is 0 Å². The van der Waals surface area contributed by atoms with E-state index in [4.69, 9.17) is 0 Å². The molecular formula is C18H19IN4. The van der Waals surface area contributed by atoms with Crippen molar-refractivity contribution in [2.45, 2.75) is 0 Å². The topological polar surface area (TPSA) is 49.8 Å². The Bertz CT molecular complexity index is 732. The minimum Gasteiger partial charge on any atom is -0.386 e. The minimum atomic E-state index is 1.05. The van der Waals surface area contributed by atoms with Gasteiger partial charge in [0.05, 0.1) is 23.8 Å². The highest BCUT2D eigenvalue weighted by Gasteiger charge is 2.01. The normalized spacial score (nSPS) is 9.52. The number of nitrogens with zero attached hydrogens (tertiary/aromatic N) is 2. The molecule has 0 aliphatic rings. The van der Waals surface area contributed by atoms with Gasteiger partial charge in [0, 0.05) is 35.6 Å². The van der Waals surface area contributed by atoms with Crippen molar-refractivity contribution in [3.05, 3.63) is 70.8 Å². The van der Waals surface area contributed by atoms with Gasteiger partial charge >= 0.3 is 0 Å². The maximum absolute atomic E-state index is 4.08. The molecule has 23 heavy (non-hydrogen) atoms. The minimum absolute atomic E-state index is 1.05. The van der Waals surface area contributed by atoms with Crippen molar-refractivity contribution in [3.63, 3.8) is 0 Å². The van der Waals surface area contributed by atoms with Crippen LogP contribution in [0.4, 0.5) is 11.4 Å². The fourth-order valence-electron chi connectivity index (χ4n) is 2.02. The van der Waals surface area contributed by atoms with Gasteiger partial charge in [-0.15, -0.1) is 0 Å². The third kappa shape index (κ3) is 4.92. The van der Waals surface area contributed by atoms with Gasteiger partial charge in [-0.05, 0) is 40.3 Å². The Morgan fingerprint density at radius 3 is 1.96 bits per heavy atom. The van der Waals surface area contributed by atoms with Crippen LogP contribution in [-0.4, -0.2) is 24.1 Å². The summed E-state index contributed by atoms with van der Waals surface area (Å²) in [5.41, 5.74) is 4.53. The molecule has 0 fully saturated rings. The molecule has 0 atom stereocenters. The summed E-state index contributed by atoms with van der Waals surface area (Å²) >= 11 is 2.26. The van der Waals surface area contributed by atoms with E-state index >= 15 is 0 Å². The van der Waals surface area contributed by atoms with Gasteiger partial charge in [-0.25, -0.2) is 0 Å². The second-order valence-electron chi connectivity index (χ2n) is 4.64. The van der Waals surface area contributed by atoms with Gasteiger partial charge in [0.15, 0.2) is 0 Å². The zero-order valence-corrected chi connectivity index (χ0v) is 15.3. The molecule has 0 aliphatic heterocycles. The van der Waals surface area contributed by atoms with E-state index in [1.165, 1.54) is 14.7 Å². The van der Waals surface area contributed by atoms with Crippen LogP contribution in [0.5, 0.6) is 0 Å². The number of benzene rings is 1. The Morgan fingerprint density at radius 2 is 1.39 bits per heavy atom. The highest BCUT2D eigenvalue weighted by atomic mass is 127. The lowest BCUT2D eigenvalue weighted by molar-refractivity contribution is 1.30. The molecule has 0 aliphatic carbocycles. The first-order valence-corrected chi connectivity index (χ1v) is 8.28. The lowest BCUT2D eigenvalue weighted by Gasteiger charge is -2.07. The Labute approximate surface area is 150 Å². The van der Waals surface area contributed by atoms with Gasteiger partial charge in [-0.2, -0.15) is 0 Å². The van der Waals surface area contributed by atoms with Crippen LogP contribution in [-0.2, 0) is 0 Å². The summed E-state index contributed by atoms with van der Waals surface area (Å²) in [5, 5.41) is 6.16. The first kappa shape index (κ1) is 17.2. The average Bonchev–Trinajstić information content (AvgIpc) is 2.63. The summed E-state index contributed by atoms with van der Waals surface area (Å²) in [6.45, 7) is 0. The Hall–Kier alpha value is -2.15. The summed E-state index contributed by atoms with van der Waals surface area (Å²) in [6.07, 6.45) is 7.23. The van der Waals surface area contributed by atoms with Crippen LogP contribution in [0.3, 0.4) is 0 Å². The molecule has 118 valence electrons. The van der Waals surface area contributed by atoms with Crippen LogP contribution >= 0.6 is 22.6 Å². The molecule has 0 bridgehead atoms.